The molecule has 1 aliphatic rings. The number of carbonyl (C=O) groups excluding carboxylic acids is 1. The highest BCUT2D eigenvalue weighted by Gasteiger charge is 2.28. The van der Waals surface area contributed by atoms with Gasteiger partial charge in [0.2, 0.25) is 0 Å². The number of carbonyl (C=O) groups is 1. The van der Waals surface area contributed by atoms with Gasteiger partial charge in [-0.3, -0.25) is 4.79 Å². The minimum Gasteiger partial charge on any atom is -0.505 e. The maximum atomic E-state index is 13.2. The SMILES string of the molecule is CC(C)(C)c1cc(C(=O)C2CCCCC2)c(O)c(-n2nc3ccccc3n2)c1. The Balaban J connectivity index is 1.86. The molecular formula is C23H27N3O2. The number of phenolic OH excluding ortho intramolecular Hbond substituents is 1. The number of hydrogen-bond donors (Lipinski definition) is 1. The van der Waals surface area contributed by atoms with Gasteiger partial charge < -0.3 is 5.11 Å². The molecule has 146 valence electrons. The van der Waals surface area contributed by atoms with Gasteiger partial charge in [0, 0.05) is 5.92 Å². The van der Waals surface area contributed by atoms with E-state index < -0.39 is 0 Å². The predicted molar refractivity (Wildman–Crippen MR) is 110 cm³/mol. The van der Waals surface area contributed by atoms with Crippen LogP contribution in [0.4, 0.5) is 0 Å². The average Bonchev–Trinajstić information content (AvgIpc) is 3.11. The summed E-state index contributed by atoms with van der Waals surface area (Å²) >= 11 is 0. The lowest BCUT2D eigenvalue weighted by molar-refractivity contribution is 0.0886. The summed E-state index contributed by atoms with van der Waals surface area (Å²) in [7, 11) is 0. The van der Waals surface area contributed by atoms with Crippen LogP contribution in [0.15, 0.2) is 36.4 Å². The van der Waals surface area contributed by atoms with Gasteiger partial charge in [0.1, 0.15) is 16.7 Å². The second-order valence-corrected chi connectivity index (χ2v) is 8.82. The van der Waals surface area contributed by atoms with Crippen molar-refractivity contribution in [1.29, 1.82) is 0 Å². The van der Waals surface area contributed by atoms with Gasteiger partial charge in [-0.1, -0.05) is 52.2 Å². The molecule has 0 unspecified atom stereocenters. The maximum Gasteiger partial charge on any atom is 0.169 e. The van der Waals surface area contributed by atoms with Crippen molar-refractivity contribution in [2.45, 2.75) is 58.3 Å². The zero-order valence-corrected chi connectivity index (χ0v) is 16.8. The van der Waals surface area contributed by atoms with E-state index >= 15 is 0 Å². The van der Waals surface area contributed by atoms with Crippen LogP contribution < -0.4 is 0 Å². The highest BCUT2D eigenvalue weighted by Crippen LogP contribution is 2.36. The lowest BCUT2D eigenvalue weighted by Gasteiger charge is -2.24. The number of phenols is 1. The number of hydrogen-bond acceptors (Lipinski definition) is 4. The first-order valence-electron chi connectivity index (χ1n) is 10.1. The molecule has 1 fully saturated rings. The normalized spacial score (nSPS) is 15.8. The summed E-state index contributed by atoms with van der Waals surface area (Å²) in [4.78, 5) is 14.7. The molecule has 1 heterocycles. The minimum absolute atomic E-state index is 0.00706. The molecule has 1 aromatic heterocycles. The third-order valence-corrected chi connectivity index (χ3v) is 5.70. The molecule has 0 amide bonds. The van der Waals surface area contributed by atoms with Crippen molar-refractivity contribution in [3.63, 3.8) is 0 Å². The highest BCUT2D eigenvalue weighted by molar-refractivity contribution is 6.01. The van der Waals surface area contributed by atoms with Crippen LogP contribution >= 0.6 is 0 Å². The molecule has 0 atom stereocenters. The Labute approximate surface area is 165 Å². The number of Topliss-reactive ketones (excluding diaryl/α,β-unsaturated/α-hetero) is 1. The lowest BCUT2D eigenvalue weighted by Crippen LogP contribution is -2.20. The zero-order chi connectivity index (χ0) is 19.9. The van der Waals surface area contributed by atoms with E-state index in [0.29, 0.717) is 11.3 Å². The Morgan fingerprint density at radius 2 is 1.64 bits per heavy atom. The van der Waals surface area contributed by atoms with Gasteiger partial charge in [0.15, 0.2) is 11.5 Å². The van der Waals surface area contributed by atoms with Crippen molar-refractivity contribution in [3.8, 4) is 11.4 Å². The molecule has 3 aromatic rings. The summed E-state index contributed by atoms with van der Waals surface area (Å²) < 4.78 is 0. The van der Waals surface area contributed by atoms with Crippen LogP contribution in [0.25, 0.3) is 16.7 Å². The molecule has 5 nitrogen and oxygen atoms in total. The molecule has 4 rings (SSSR count). The summed E-state index contributed by atoms with van der Waals surface area (Å²) in [6.45, 7) is 6.31. The van der Waals surface area contributed by atoms with E-state index in [2.05, 4.69) is 31.0 Å². The molecule has 0 aliphatic heterocycles. The molecule has 0 bridgehead atoms. The minimum atomic E-state index is -0.170. The third kappa shape index (κ3) is 3.41. The van der Waals surface area contributed by atoms with Crippen molar-refractivity contribution in [3.05, 3.63) is 47.5 Å². The molecule has 1 N–H and O–H groups in total. The fourth-order valence-corrected chi connectivity index (χ4v) is 3.94. The molecule has 5 heteroatoms. The summed E-state index contributed by atoms with van der Waals surface area (Å²) in [6.07, 6.45) is 5.14. The predicted octanol–water partition coefficient (Wildman–Crippen LogP) is 5.19. The van der Waals surface area contributed by atoms with E-state index in [0.717, 1.165) is 42.3 Å². The summed E-state index contributed by atoms with van der Waals surface area (Å²) in [5.74, 6) is 0.0116. The third-order valence-electron chi connectivity index (χ3n) is 5.70. The second-order valence-electron chi connectivity index (χ2n) is 8.82. The van der Waals surface area contributed by atoms with E-state index in [1.807, 2.05) is 36.4 Å². The van der Waals surface area contributed by atoms with Gasteiger partial charge in [-0.25, -0.2) is 0 Å². The Morgan fingerprint density at radius 3 is 2.21 bits per heavy atom. The Hall–Kier alpha value is -2.69. The van der Waals surface area contributed by atoms with Crippen molar-refractivity contribution >= 4 is 16.8 Å². The van der Waals surface area contributed by atoms with Gasteiger partial charge in [0.05, 0.1) is 5.56 Å². The van der Waals surface area contributed by atoms with Crippen LogP contribution in [-0.2, 0) is 5.41 Å². The van der Waals surface area contributed by atoms with Crippen LogP contribution in [0, 0.1) is 5.92 Å². The van der Waals surface area contributed by atoms with Gasteiger partial charge in [-0.15, -0.1) is 15.0 Å². The first-order valence-corrected chi connectivity index (χ1v) is 10.1. The van der Waals surface area contributed by atoms with Crippen LogP contribution in [0.5, 0.6) is 5.75 Å². The Morgan fingerprint density at radius 1 is 1.04 bits per heavy atom. The van der Waals surface area contributed by atoms with Crippen molar-refractivity contribution in [2.75, 3.05) is 0 Å². The molecule has 0 radical (unpaired) electrons. The van der Waals surface area contributed by atoms with E-state index in [1.165, 1.54) is 11.2 Å². The smallest absolute Gasteiger partial charge is 0.169 e. The second kappa shape index (κ2) is 7.04. The summed E-state index contributed by atoms with van der Waals surface area (Å²) in [5.41, 5.74) is 3.18. The van der Waals surface area contributed by atoms with E-state index in [4.69, 9.17) is 0 Å². The maximum absolute atomic E-state index is 13.2. The quantitative estimate of drug-likeness (QED) is 0.638. The van der Waals surface area contributed by atoms with Crippen LogP contribution in [-0.4, -0.2) is 25.9 Å². The molecule has 0 spiro atoms. The number of nitrogens with zero attached hydrogens (tertiary/aromatic N) is 3. The Bertz CT molecular complexity index is 991. The molecule has 0 saturated heterocycles. The van der Waals surface area contributed by atoms with Crippen molar-refractivity contribution in [2.24, 2.45) is 5.92 Å². The average molecular weight is 377 g/mol. The number of rotatable bonds is 3. The summed E-state index contributed by atoms with van der Waals surface area (Å²) in [6, 6.07) is 11.3. The number of fused-ring (bicyclic) bond motifs is 1. The first-order chi connectivity index (χ1) is 13.3. The van der Waals surface area contributed by atoms with E-state index in [1.54, 1.807) is 0 Å². The summed E-state index contributed by atoms with van der Waals surface area (Å²) in [5, 5.41) is 20.1. The standard InChI is InChI=1S/C23H27N3O2/c1-23(2,3)16-13-17(21(27)15-9-5-4-6-10-15)22(28)20(14-16)26-24-18-11-7-8-12-19(18)25-26/h7-8,11-15,28H,4-6,9-10H2,1-3H3. The van der Waals surface area contributed by atoms with Crippen molar-refractivity contribution < 1.29 is 9.90 Å². The molecular weight excluding hydrogens is 350 g/mol. The van der Waals surface area contributed by atoms with Crippen molar-refractivity contribution in [1.82, 2.24) is 15.0 Å². The lowest BCUT2D eigenvalue weighted by atomic mass is 9.80. The topological polar surface area (TPSA) is 68.0 Å². The number of ketones is 1. The van der Waals surface area contributed by atoms with Crippen LogP contribution in [0.2, 0.25) is 0 Å². The van der Waals surface area contributed by atoms with Gasteiger partial charge in [-0.05, 0) is 48.1 Å². The number of aromatic nitrogens is 3. The fourth-order valence-electron chi connectivity index (χ4n) is 3.94. The molecule has 1 aliphatic carbocycles. The zero-order valence-electron chi connectivity index (χ0n) is 16.8. The first kappa shape index (κ1) is 18.7. The number of benzene rings is 2. The van der Waals surface area contributed by atoms with Gasteiger partial charge in [0.25, 0.3) is 0 Å². The van der Waals surface area contributed by atoms with Gasteiger partial charge >= 0.3 is 0 Å². The molecule has 1 saturated carbocycles. The van der Waals surface area contributed by atoms with Crippen LogP contribution in [0.1, 0.15) is 68.8 Å². The highest BCUT2D eigenvalue weighted by atomic mass is 16.3. The monoisotopic (exact) mass is 377 g/mol. The van der Waals surface area contributed by atoms with Crippen LogP contribution in [0.3, 0.4) is 0 Å². The van der Waals surface area contributed by atoms with E-state index in [9.17, 15) is 9.90 Å². The van der Waals surface area contributed by atoms with Gasteiger partial charge in [-0.2, -0.15) is 0 Å². The Kier molecular flexibility index (Phi) is 4.69. The van der Waals surface area contributed by atoms with E-state index in [-0.39, 0.29) is 22.9 Å². The molecule has 28 heavy (non-hydrogen) atoms. The molecule has 2 aromatic carbocycles. The largest absolute Gasteiger partial charge is 0.505 e. The number of aromatic hydroxyl groups is 1. The fraction of sp³-hybridized carbons (Fsp3) is 0.435.